The van der Waals surface area contributed by atoms with Gasteiger partial charge >= 0.3 is 12.1 Å². The van der Waals surface area contributed by atoms with Crippen LogP contribution in [-0.2, 0) is 13.0 Å². The van der Waals surface area contributed by atoms with Crippen molar-refractivity contribution in [1.29, 1.82) is 0 Å². The maximum Gasteiger partial charge on any atom is 0.389 e. The van der Waals surface area contributed by atoms with Crippen LogP contribution in [0.2, 0.25) is 0 Å². The van der Waals surface area contributed by atoms with E-state index in [4.69, 9.17) is 5.11 Å². The van der Waals surface area contributed by atoms with Crippen LogP contribution in [0.5, 0.6) is 0 Å². The molecule has 0 bridgehead atoms. The smallest absolute Gasteiger partial charge is 0.389 e. The van der Waals surface area contributed by atoms with E-state index < -0.39 is 18.6 Å². The van der Waals surface area contributed by atoms with Crippen LogP contribution in [-0.4, -0.2) is 26.8 Å². The van der Waals surface area contributed by atoms with Gasteiger partial charge < -0.3 is 9.67 Å². The molecule has 0 aliphatic carbocycles. The number of aromatic carboxylic acids is 1. The van der Waals surface area contributed by atoms with Crippen molar-refractivity contribution in [1.82, 2.24) is 9.55 Å². The Kier molecular flexibility index (Phi) is 4.20. The lowest BCUT2D eigenvalue weighted by molar-refractivity contribution is -0.135. The monoisotopic (exact) mass is 300 g/mol. The van der Waals surface area contributed by atoms with Gasteiger partial charge in [-0.1, -0.05) is 13.0 Å². The Morgan fingerprint density at radius 1 is 1.38 bits per heavy atom. The number of nitrogens with zero attached hydrogens (tertiary/aromatic N) is 2. The second-order valence-electron chi connectivity index (χ2n) is 4.73. The number of hydrogen-bond donors (Lipinski definition) is 1. The molecular formula is C14H15F3N2O2. The molecule has 114 valence electrons. The molecule has 2 rings (SSSR count). The molecule has 0 saturated heterocycles. The third-order valence-corrected chi connectivity index (χ3v) is 3.25. The average molecular weight is 300 g/mol. The first kappa shape index (κ1) is 15.3. The van der Waals surface area contributed by atoms with Crippen LogP contribution >= 0.6 is 0 Å². The second-order valence-corrected chi connectivity index (χ2v) is 4.73. The summed E-state index contributed by atoms with van der Waals surface area (Å²) in [4.78, 5) is 15.4. The van der Waals surface area contributed by atoms with Gasteiger partial charge in [0.05, 0.1) is 11.1 Å². The van der Waals surface area contributed by atoms with Gasteiger partial charge in [0.1, 0.15) is 11.3 Å². The molecule has 0 spiro atoms. The van der Waals surface area contributed by atoms with Crippen molar-refractivity contribution in [3.8, 4) is 0 Å². The Balaban J connectivity index is 2.38. The van der Waals surface area contributed by atoms with Gasteiger partial charge in [0.15, 0.2) is 0 Å². The molecule has 0 aliphatic heterocycles. The van der Waals surface area contributed by atoms with Gasteiger partial charge in [-0.15, -0.1) is 0 Å². The number of benzene rings is 1. The molecule has 7 heteroatoms. The number of rotatable bonds is 5. The molecule has 1 aromatic carbocycles. The maximum atomic E-state index is 12.2. The Hall–Kier alpha value is -2.05. The number of aryl methyl sites for hydroxylation is 2. The number of carboxylic acid groups (broad SMARTS) is 1. The standard InChI is InChI=1S/C14H15F3N2O2/c1-2-11-18-12-9(13(20)21)5-3-6-10(12)19(11)8-4-7-14(15,16)17/h3,5-6H,2,4,7-8H2,1H3,(H,20,21). The molecule has 1 aromatic heterocycles. The zero-order chi connectivity index (χ0) is 15.6. The second kappa shape index (κ2) is 5.75. The summed E-state index contributed by atoms with van der Waals surface area (Å²) in [5.41, 5.74) is 0.958. The van der Waals surface area contributed by atoms with E-state index in [0.29, 0.717) is 23.3 Å². The fraction of sp³-hybridized carbons (Fsp3) is 0.429. The summed E-state index contributed by atoms with van der Waals surface area (Å²) in [7, 11) is 0. The minimum absolute atomic E-state index is 0.0563. The van der Waals surface area contributed by atoms with Crippen LogP contribution in [0.4, 0.5) is 13.2 Å². The van der Waals surface area contributed by atoms with Gasteiger partial charge in [-0.05, 0) is 18.6 Å². The van der Waals surface area contributed by atoms with Crippen LogP contribution in [0.25, 0.3) is 11.0 Å². The van der Waals surface area contributed by atoms with Gasteiger partial charge in [-0.3, -0.25) is 0 Å². The summed E-state index contributed by atoms with van der Waals surface area (Å²) in [6, 6.07) is 4.70. The Morgan fingerprint density at radius 2 is 2.10 bits per heavy atom. The van der Waals surface area contributed by atoms with E-state index in [1.54, 1.807) is 16.7 Å². The number of carboxylic acids is 1. The zero-order valence-electron chi connectivity index (χ0n) is 11.4. The lowest BCUT2D eigenvalue weighted by atomic mass is 10.2. The first-order chi connectivity index (χ1) is 9.83. The van der Waals surface area contributed by atoms with Gasteiger partial charge in [0.2, 0.25) is 0 Å². The van der Waals surface area contributed by atoms with Crippen LogP contribution < -0.4 is 0 Å². The Bertz CT molecular complexity index is 662. The fourth-order valence-electron chi connectivity index (χ4n) is 2.32. The van der Waals surface area contributed by atoms with Crippen LogP contribution in [0.15, 0.2) is 18.2 Å². The first-order valence-corrected chi connectivity index (χ1v) is 6.61. The molecule has 0 radical (unpaired) electrons. The van der Waals surface area contributed by atoms with Crippen molar-refractivity contribution in [3.63, 3.8) is 0 Å². The van der Waals surface area contributed by atoms with Gasteiger partial charge in [-0.2, -0.15) is 13.2 Å². The molecule has 0 amide bonds. The molecule has 21 heavy (non-hydrogen) atoms. The third-order valence-electron chi connectivity index (χ3n) is 3.25. The summed E-state index contributed by atoms with van der Waals surface area (Å²) in [6.45, 7) is 2.00. The highest BCUT2D eigenvalue weighted by atomic mass is 19.4. The van der Waals surface area contributed by atoms with Crippen LogP contribution in [0.1, 0.15) is 35.9 Å². The number of aromatic nitrogens is 2. The van der Waals surface area contributed by atoms with Crippen molar-refractivity contribution in [2.24, 2.45) is 0 Å². The molecule has 2 aromatic rings. The summed E-state index contributed by atoms with van der Waals surface area (Å²) in [5.74, 6) is -0.496. The minimum atomic E-state index is -4.19. The van der Waals surface area contributed by atoms with Crippen molar-refractivity contribution < 1.29 is 23.1 Å². The maximum absolute atomic E-state index is 12.2. The zero-order valence-corrected chi connectivity index (χ0v) is 11.4. The van der Waals surface area contributed by atoms with E-state index in [1.165, 1.54) is 6.07 Å². The molecule has 0 saturated carbocycles. The SMILES string of the molecule is CCc1nc2c(C(=O)O)cccc2n1CCCC(F)(F)F. The number of imidazole rings is 1. The average Bonchev–Trinajstić information content (AvgIpc) is 2.75. The van der Waals surface area contributed by atoms with Crippen LogP contribution in [0.3, 0.4) is 0 Å². The minimum Gasteiger partial charge on any atom is -0.478 e. The van der Waals surface area contributed by atoms with E-state index in [0.717, 1.165) is 0 Å². The van der Waals surface area contributed by atoms with Gasteiger partial charge in [0, 0.05) is 19.4 Å². The van der Waals surface area contributed by atoms with E-state index in [9.17, 15) is 18.0 Å². The highest BCUT2D eigenvalue weighted by Gasteiger charge is 2.26. The number of para-hydroxylation sites is 1. The predicted octanol–water partition coefficient (Wildman–Crippen LogP) is 3.64. The van der Waals surface area contributed by atoms with Crippen molar-refractivity contribution >= 4 is 17.0 Å². The summed E-state index contributed by atoms with van der Waals surface area (Å²) in [6.07, 6.45) is -4.58. The largest absolute Gasteiger partial charge is 0.478 e. The number of fused-ring (bicyclic) bond motifs is 1. The number of alkyl halides is 3. The van der Waals surface area contributed by atoms with E-state index in [-0.39, 0.29) is 18.5 Å². The van der Waals surface area contributed by atoms with E-state index in [1.807, 2.05) is 6.92 Å². The van der Waals surface area contributed by atoms with Gasteiger partial charge in [-0.25, -0.2) is 9.78 Å². The molecule has 4 nitrogen and oxygen atoms in total. The van der Waals surface area contributed by atoms with Gasteiger partial charge in [0.25, 0.3) is 0 Å². The molecule has 0 fully saturated rings. The third kappa shape index (κ3) is 3.34. The topological polar surface area (TPSA) is 55.1 Å². The van der Waals surface area contributed by atoms with Crippen molar-refractivity contribution in [2.75, 3.05) is 0 Å². The van der Waals surface area contributed by atoms with E-state index >= 15 is 0 Å². The lowest BCUT2D eigenvalue weighted by Crippen LogP contribution is -2.10. The molecule has 1 N–H and O–H groups in total. The molecule has 0 atom stereocenters. The highest BCUT2D eigenvalue weighted by molar-refractivity contribution is 6.01. The summed E-state index contributed by atoms with van der Waals surface area (Å²) < 4.78 is 38.4. The number of hydrogen-bond acceptors (Lipinski definition) is 2. The van der Waals surface area contributed by atoms with Crippen molar-refractivity contribution in [3.05, 3.63) is 29.6 Å². The quantitative estimate of drug-likeness (QED) is 0.917. The summed E-state index contributed by atoms with van der Waals surface area (Å²) in [5, 5.41) is 9.14. The first-order valence-electron chi connectivity index (χ1n) is 6.61. The fourth-order valence-corrected chi connectivity index (χ4v) is 2.32. The van der Waals surface area contributed by atoms with Crippen molar-refractivity contribution in [2.45, 2.75) is 38.9 Å². The summed E-state index contributed by atoms with van der Waals surface area (Å²) >= 11 is 0. The Morgan fingerprint density at radius 3 is 2.67 bits per heavy atom. The molecule has 1 heterocycles. The predicted molar refractivity (Wildman–Crippen MR) is 71.4 cm³/mol. The normalized spacial score (nSPS) is 12.0. The Labute approximate surface area is 119 Å². The number of carbonyl (C=O) groups is 1. The molecule has 0 unspecified atom stereocenters. The molecule has 0 aliphatic rings. The lowest BCUT2D eigenvalue weighted by Gasteiger charge is -2.10. The molecular weight excluding hydrogens is 285 g/mol. The highest BCUT2D eigenvalue weighted by Crippen LogP contribution is 2.25. The van der Waals surface area contributed by atoms with Crippen LogP contribution in [0, 0.1) is 0 Å². The van der Waals surface area contributed by atoms with E-state index in [2.05, 4.69) is 4.98 Å². The number of halogens is 3.